The molecule has 0 unspecified atom stereocenters. The van der Waals surface area contributed by atoms with E-state index in [0.29, 0.717) is 12.6 Å². The van der Waals surface area contributed by atoms with E-state index in [2.05, 4.69) is 24.1 Å². The van der Waals surface area contributed by atoms with Crippen LogP contribution in [0.15, 0.2) is 0 Å². The maximum absolute atomic E-state index is 10.9. The van der Waals surface area contributed by atoms with Gasteiger partial charge in [-0.25, -0.2) is 0 Å². The van der Waals surface area contributed by atoms with Crippen molar-refractivity contribution in [3.63, 3.8) is 0 Å². The summed E-state index contributed by atoms with van der Waals surface area (Å²) in [5, 5.41) is 3.07. The van der Waals surface area contributed by atoms with Crippen LogP contribution in [-0.4, -0.2) is 43.4 Å². The molecule has 0 amide bonds. The average molecular weight is 172 g/mol. The third-order valence-corrected chi connectivity index (χ3v) is 1.81. The van der Waals surface area contributed by atoms with Crippen molar-refractivity contribution >= 4 is 5.78 Å². The zero-order valence-electron chi connectivity index (χ0n) is 8.55. The molecule has 3 heteroatoms. The highest BCUT2D eigenvalue weighted by molar-refractivity contribution is 5.77. The molecule has 1 N–H and O–H groups in total. The highest BCUT2D eigenvalue weighted by Crippen LogP contribution is 1.96. The highest BCUT2D eigenvalue weighted by Gasteiger charge is 2.09. The molecular formula is C9H20N2O. The van der Waals surface area contributed by atoms with Crippen molar-refractivity contribution in [3.8, 4) is 0 Å². The second-order valence-electron chi connectivity index (χ2n) is 3.37. The molecule has 0 atom stereocenters. The number of hydrogen-bond acceptors (Lipinski definition) is 3. The minimum Gasteiger partial charge on any atom is -0.318 e. The summed E-state index contributed by atoms with van der Waals surface area (Å²) in [6.45, 7) is 8.30. The molecular weight excluding hydrogens is 152 g/mol. The van der Waals surface area contributed by atoms with Crippen LogP contribution in [0.2, 0.25) is 0 Å². The Bertz CT molecular complexity index is 134. The van der Waals surface area contributed by atoms with Crippen LogP contribution in [0, 0.1) is 0 Å². The standard InChI is InChI=1S/C9H20N2O/c1-8(2)11(6-5-10-4)7-9(3)12/h8,10H,5-7H2,1-4H3. The molecule has 0 aliphatic rings. The van der Waals surface area contributed by atoms with E-state index in [1.165, 1.54) is 0 Å². The third-order valence-electron chi connectivity index (χ3n) is 1.81. The number of likely N-dealkylation sites (N-methyl/N-ethyl adjacent to an activating group) is 1. The van der Waals surface area contributed by atoms with Gasteiger partial charge in [-0.2, -0.15) is 0 Å². The fourth-order valence-corrected chi connectivity index (χ4v) is 1.06. The molecule has 0 saturated carbocycles. The Labute approximate surface area is 75.1 Å². The summed E-state index contributed by atoms with van der Waals surface area (Å²) in [5.41, 5.74) is 0. The number of ketones is 1. The molecule has 0 bridgehead atoms. The first kappa shape index (κ1) is 11.6. The normalized spacial score (nSPS) is 11.2. The second-order valence-corrected chi connectivity index (χ2v) is 3.37. The molecule has 0 radical (unpaired) electrons. The van der Waals surface area contributed by atoms with Crippen LogP contribution in [0.5, 0.6) is 0 Å². The van der Waals surface area contributed by atoms with E-state index in [1.54, 1.807) is 6.92 Å². The molecule has 0 heterocycles. The monoisotopic (exact) mass is 172 g/mol. The lowest BCUT2D eigenvalue weighted by molar-refractivity contribution is -0.118. The minimum atomic E-state index is 0.236. The Morgan fingerprint density at radius 2 is 2.08 bits per heavy atom. The lowest BCUT2D eigenvalue weighted by atomic mass is 10.3. The van der Waals surface area contributed by atoms with E-state index in [-0.39, 0.29) is 5.78 Å². The SMILES string of the molecule is CNCCN(CC(C)=O)C(C)C. The predicted octanol–water partition coefficient (Wildman–Crippen LogP) is 0.505. The van der Waals surface area contributed by atoms with Gasteiger partial charge < -0.3 is 5.32 Å². The molecule has 0 aromatic carbocycles. The average Bonchev–Trinajstić information content (AvgIpc) is 1.96. The van der Waals surface area contributed by atoms with Gasteiger partial charge in [0.1, 0.15) is 5.78 Å². The molecule has 0 rings (SSSR count). The molecule has 0 saturated heterocycles. The number of nitrogens with zero attached hydrogens (tertiary/aromatic N) is 1. The first-order valence-corrected chi connectivity index (χ1v) is 4.46. The summed E-state index contributed by atoms with van der Waals surface area (Å²) in [6.07, 6.45) is 0. The Hall–Kier alpha value is -0.410. The molecule has 0 fully saturated rings. The Kier molecular flexibility index (Phi) is 5.93. The summed E-state index contributed by atoms with van der Waals surface area (Å²) in [5.74, 6) is 0.236. The molecule has 0 spiro atoms. The summed E-state index contributed by atoms with van der Waals surface area (Å²) in [7, 11) is 1.92. The van der Waals surface area contributed by atoms with Gasteiger partial charge in [0.15, 0.2) is 0 Å². The van der Waals surface area contributed by atoms with Crippen molar-refractivity contribution in [2.24, 2.45) is 0 Å². The lowest BCUT2D eigenvalue weighted by Crippen LogP contribution is -2.39. The lowest BCUT2D eigenvalue weighted by Gasteiger charge is -2.24. The molecule has 3 nitrogen and oxygen atoms in total. The summed E-state index contributed by atoms with van der Waals surface area (Å²) >= 11 is 0. The van der Waals surface area contributed by atoms with E-state index in [9.17, 15) is 4.79 Å². The molecule has 0 aromatic rings. The fourth-order valence-electron chi connectivity index (χ4n) is 1.06. The largest absolute Gasteiger partial charge is 0.318 e. The van der Waals surface area contributed by atoms with E-state index >= 15 is 0 Å². The zero-order chi connectivity index (χ0) is 9.56. The second kappa shape index (κ2) is 6.14. The quantitative estimate of drug-likeness (QED) is 0.633. The maximum atomic E-state index is 10.9. The summed E-state index contributed by atoms with van der Waals surface area (Å²) < 4.78 is 0. The van der Waals surface area contributed by atoms with Crippen LogP contribution in [0.1, 0.15) is 20.8 Å². The first-order chi connectivity index (χ1) is 5.57. The van der Waals surface area contributed by atoms with Crippen LogP contribution >= 0.6 is 0 Å². The number of rotatable bonds is 6. The van der Waals surface area contributed by atoms with E-state index < -0.39 is 0 Å². The predicted molar refractivity (Wildman–Crippen MR) is 51.3 cm³/mol. The van der Waals surface area contributed by atoms with E-state index in [0.717, 1.165) is 13.1 Å². The Balaban J connectivity index is 3.78. The van der Waals surface area contributed by atoms with Crippen molar-refractivity contribution in [1.29, 1.82) is 0 Å². The maximum Gasteiger partial charge on any atom is 0.143 e. The van der Waals surface area contributed by atoms with Gasteiger partial charge in [-0.1, -0.05) is 0 Å². The number of Topliss-reactive ketones (excluding diaryl/α,β-unsaturated/α-hetero) is 1. The number of hydrogen-bond donors (Lipinski definition) is 1. The first-order valence-electron chi connectivity index (χ1n) is 4.46. The Morgan fingerprint density at radius 1 is 1.50 bits per heavy atom. The van der Waals surface area contributed by atoms with E-state index in [1.807, 2.05) is 7.05 Å². The van der Waals surface area contributed by atoms with Gasteiger partial charge in [0.05, 0.1) is 6.54 Å². The molecule has 0 aromatic heterocycles. The van der Waals surface area contributed by atoms with Crippen LogP contribution < -0.4 is 5.32 Å². The van der Waals surface area contributed by atoms with E-state index in [4.69, 9.17) is 0 Å². The van der Waals surface area contributed by atoms with Crippen molar-refractivity contribution in [3.05, 3.63) is 0 Å². The Morgan fingerprint density at radius 3 is 2.42 bits per heavy atom. The van der Waals surface area contributed by atoms with Gasteiger partial charge in [0.25, 0.3) is 0 Å². The molecule has 0 aliphatic heterocycles. The molecule has 12 heavy (non-hydrogen) atoms. The van der Waals surface area contributed by atoms with Crippen molar-refractivity contribution in [2.75, 3.05) is 26.7 Å². The van der Waals surface area contributed by atoms with Gasteiger partial charge in [-0.05, 0) is 27.8 Å². The minimum absolute atomic E-state index is 0.236. The van der Waals surface area contributed by atoms with Crippen LogP contribution in [0.25, 0.3) is 0 Å². The number of carbonyl (C=O) groups excluding carboxylic acids is 1. The van der Waals surface area contributed by atoms with Gasteiger partial charge in [-0.3, -0.25) is 9.69 Å². The molecule has 72 valence electrons. The van der Waals surface area contributed by atoms with Crippen molar-refractivity contribution in [1.82, 2.24) is 10.2 Å². The summed E-state index contributed by atoms with van der Waals surface area (Å²) in [6, 6.07) is 0.447. The van der Waals surface area contributed by atoms with Crippen LogP contribution in [-0.2, 0) is 4.79 Å². The number of nitrogens with one attached hydrogen (secondary N) is 1. The topological polar surface area (TPSA) is 32.3 Å². The fraction of sp³-hybridized carbons (Fsp3) is 0.889. The van der Waals surface area contributed by atoms with Gasteiger partial charge in [-0.15, -0.1) is 0 Å². The smallest absolute Gasteiger partial charge is 0.143 e. The zero-order valence-corrected chi connectivity index (χ0v) is 8.55. The third kappa shape index (κ3) is 5.27. The van der Waals surface area contributed by atoms with Gasteiger partial charge >= 0.3 is 0 Å². The van der Waals surface area contributed by atoms with Crippen LogP contribution in [0.3, 0.4) is 0 Å². The van der Waals surface area contributed by atoms with Crippen molar-refractivity contribution in [2.45, 2.75) is 26.8 Å². The van der Waals surface area contributed by atoms with Gasteiger partial charge in [0, 0.05) is 19.1 Å². The molecule has 0 aliphatic carbocycles. The highest BCUT2D eigenvalue weighted by atomic mass is 16.1. The van der Waals surface area contributed by atoms with Gasteiger partial charge in [0.2, 0.25) is 0 Å². The van der Waals surface area contributed by atoms with Crippen LogP contribution in [0.4, 0.5) is 0 Å². The number of carbonyl (C=O) groups is 1. The summed E-state index contributed by atoms with van der Waals surface area (Å²) in [4.78, 5) is 13.0. The van der Waals surface area contributed by atoms with Crippen molar-refractivity contribution < 1.29 is 4.79 Å².